The average Bonchev–Trinajstić information content (AvgIpc) is 2.71. The molecule has 28 heavy (non-hydrogen) atoms. The standard InChI is InChI=1S/2C9H6N2O3/c1-14-9-3-2-7(10-5-12)4-8(9)11-6-13;1-14-9-4-7(10-5-12)2-3-8(9)11-6-13/h2*2-4H,1H3. The Hall–Kier alpha value is -4.44. The van der Waals surface area contributed by atoms with Gasteiger partial charge in [-0.2, -0.15) is 20.0 Å². The molecular weight excluding hydrogens is 368 g/mol. The van der Waals surface area contributed by atoms with E-state index in [1.165, 1.54) is 62.8 Å². The lowest BCUT2D eigenvalue weighted by Gasteiger charge is -2.02. The first-order chi connectivity index (χ1) is 13.6. The van der Waals surface area contributed by atoms with E-state index >= 15 is 0 Å². The van der Waals surface area contributed by atoms with Gasteiger partial charge in [-0.05, 0) is 30.3 Å². The summed E-state index contributed by atoms with van der Waals surface area (Å²) in [6.45, 7) is 0. The van der Waals surface area contributed by atoms with Gasteiger partial charge in [0.25, 0.3) is 0 Å². The normalized spacial score (nSPS) is 8.36. The molecule has 0 atom stereocenters. The maximum atomic E-state index is 10.1. The van der Waals surface area contributed by atoms with Gasteiger partial charge in [-0.25, -0.2) is 19.2 Å². The lowest BCUT2D eigenvalue weighted by Crippen LogP contribution is -1.82. The first-order valence-electron chi connectivity index (χ1n) is 7.31. The molecule has 0 amide bonds. The van der Waals surface area contributed by atoms with Crippen molar-refractivity contribution >= 4 is 47.1 Å². The van der Waals surface area contributed by atoms with E-state index in [-0.39, 0.29) is 5.69 Å². The molecule has 2 aromatic rings. The number of isocyanates is 4. The highest BCUT2D eigenvalue weighted by Crippen LogP contribution is 2.31. The third kappa shape index (κ3) is 6.46. The fraction of sp³-hybridized carbons (Fsp3) is 0.111. The number of aliphatic imine (C=N–C) groups is 4. The van der Waals surface area contributed by atoms with Crippen LogP contribution in [0.25, 0.3) is 0 Å². The quantitative estimate of drug-likeness (QED) is 0.557. The van der Waals surface area contributed by atoms with Gasteiger partial charge in [0.05, 0.1) is 25.6 Å². The Labute approximate surface area is 158 Å². The summed E-state index contributed by atoms with van der Waals surface area (Å²) in [6.07, 6.45) is 5.56. The molecule has 0 aliphatic heterocycles. The SMILES string of the molecule is COc1cc(N=C=O)ccc1N=C=O.COc1ccc(N=C=O)cc1N=C=O. The number of hydrogen-bond donors (Lipinski definition) is 0. The predicted octanol–water partition coefficient (Wildman–Crippen LogP) is 3.26. The number of benzene rings is 2. The summed E-state index contributed by atoms with van der Waals surface area (Å²) in [5.41, 5.74) is 1.36. The van der Waals surface area contributed by atoms with Crippen molar-refractivity contribution in [3.8, 4) is 11.5 Å². The first-order valence-corrected chi connectivity index (χ1v) is 7.31. The molecule has 2 aromatic carbocycles. The number of rotatable bonds is 6. The van der Waals surface area contributed by atoms with Crippen LogP contribution in [-0.4, -0.2) is 38.5 Å². The van der Waals surface area contributed by atoms with Crippen LogP contribution in [-0.2, 0) is 19.2 Å². The van der Waals surface area contributed by atoms with Crippen molar-refractivity contribution in [1.82, 2.24) is 0 Å². The zero-order valence-corrected chi connectivity index (χ0v) is 14.7. The molecule has 140 valence electrons. The lowest BCUT2D eigenvalue weighted by atomic mass is 10.2. The fourth-order valence-electron chi connectivity index (χ4n) is 1.87. The molecule has 0 bridgehead atoms. The number of methoxy groups -OCH3 is 2. The van der Waals surface area contributed by atoms with Crippen molar-refractivity contribution in [2.75, 3.05) is 14.2 Å². The van der Waals surface area contributed by atoms with Crippen molar-refractivity contribution in [2.45, 2.75) is 0 Å². The van der Waals surface area contributed by atoms with Crippen LogP contribution in [0.15, 0.2) is 56.4 Å². The average molecular weight is 380 g/mol. The predicted molar refractivity (Wildman–Crippen MR) is 97.1 cm³/mol. The van der Waals surface area contributed by atoms with Crippen LogP contribution in [0, 0.1) is 0 Å². The number of nitrogens with zero attached hydrogens (tertiary/aromatic N) is 4. The van der Waals surface area contributed by atoms with Gasteiger partial charge in [0.15, 0.2) is 0 Å². The van der Waals surface area contributed by atoms with E-state index < -0.39 is 0 Å². The molecule has 0 spiro atoms. The van der Waals surface area contributed by atoms with Gasteiger partial charge >= 0.3 is 0 Å². The smallest absolute Gasteiger partial charge is 0.240 e. The molecule has 0 fully saturated rings. The van der Waals surface area contributed by atoms with E-state index in [9.17, 15) is 19.2 Å². The summed E-state index contributed by atoms with van der Waals surface area (Å²) in [4.78, 5) is 53.6. The minimum absolute atomic E-state index is 0.277. The highest BCUT2D eigenvalue weighted by atomic mass is 16.5. The Balaban J connectivity index is 0.000000280. The monoisotopic (exact) mass is 380 g/mol. The van der Waals surface area contributed by atoms with Crippen molar-refractivity contribution < 1.29 is 28.7 Å². The number of carbonyl (C=O) groups excluding carboxylic acids is 4. The third-order valence-corrected chi connectivity index (χ3v) is 3.01. The molecule has 0 aliphatic rings. The van der Waals surface area contributed by atoms with E-state index in [0.717, 1.165) is 0 Å². The van der Waals surface area contributed by atoms with E-state index in [1.54, 1.807) is 12.1 Å². The van der Waals surface area contributed by atoms with E-state index in [4.69, 9.17) is 9.47 Å². The lowest BCUT2D eigenvalue weighted by molar-refractivity contribution is 0.416. The summed E-state index contributed by atoms with van der Waals surface area (Å²) in [5, 5.41) is 0. The zero-order valence-electron chi connectivity index (χ0n) is 14.7. The van der Waals surface area contributed by atoms with E-state index in [1.807, 2.05) is 0 Å². The molecule has 0 saturated heterocycles. The highest BCUT2D eigenvalue weighted by molar-refractivity contribution is 5.65. The van der Waals surface area contributed by atoms with Gasteiger partial charge in [0.1, 0.15) is 22.9 Å². The number of ether oxygens (including phenoxy) is 2. The maximum Gasteiger partial charge on any atom is 0.240 e. The fourth-order valence-corrected chi connectivity index (χ4v) is 1.87. The summed E-state index contributed by atoms with van der Waals surface area (Å²) in [6, 6.07) is 9.01. The Morgan fingerprint density at radius 1 is 0.607 bits per heavy atom. The van der Waals surface area contributed by atoms with Crippen molar-refractivity contribution in [2.24, 2.45) is 20.0 Å². The molecule has 0 aromatic heterocycles. The topological polar surface area (TPSA) is 136 Å². The van der Waals surface area contributed by atoms with Crippen LogP contribution in [0.5, 0.6) is 11.5 Å². The maximum absolute atomic E-state index is 10.1. The molecular formula is C18H12N4O6. The van der Waals surface area contributed by atoms with E-state index in [0.29, 0.717) is 28.6 Å². The molecule has 0 saturated carbocycles. The van der Waals surface area contributed by atoms with Gasteiger partial charge < -0.3 is 9.47 Å². The molecule has 10 nitrogen and oxygen atoms in total. The van der Waals surface area contributed by atoms with Crippen LogP contribution < -0.4 is 9.47 Å². The number of hydrogen-bond acceptors (Lipinski definition) is 10. The molecule has 0 aliphatic carbocycles. The van der Waals surface area contributed by atoms with E-state index in [2.05, 4.69) is 20.0 Å². The Bertz CT molecular complexity index is 1030. The third-order valence-electron chi connectivity index (χ3n) is 3.01. The first kappa shape index (κ1) is 21.6. The van der Waals surface area contributed by atoms with Crippen molar-refractivity contribution in [3.63, 3.8) is 0 Å². The van der Waals surface area contributed by atoms with Crippen LogP contribution >= 0.6 is 0 Å². The van der Waals surface area contributed by atoms with Crippen LogP contribution in [0.2, 0.25) is 0 Å². The van der Waals surface area contributed by atoms with Gasteiger partial charge in [0, 0.05) is 6.07 Å². The summed E-state index contributed by atoms with van der Waals surface area (Å²) < 4.78 is 9.84. The largest absolute Gasteiger partial charge is 0.494 e. The van der Waals surface area contributed by atoms with Gasteiger partial charge in [-0.15, -0.1) is 0 Å². The minimum Gasteiger partial charge on any atom is -0.494 e. The summed E-state index contributed by atoms with van der Waals surface area (Å²) >= 11 is 0. The molecule has 0 unspecified atom stereocenters. The Kier molecular flexibility index (Phi) is 9.26. The molecule has 0 heterocycles. The minimum atomic E-state index is 0.277. The Morgan fingerprint density at radius 3 is 1.64 bits per heavy atom. The molecule has 10 heteroatoms. The summed E-state index contributed by atoms with van der Waals surface area (Å²) in [5.74, 6) is 0.767. The second kappa shape index (κ2) is 12.0. The van der Waals surface area contributed by atoms with Crippen molar-refractivity contribution in [3.05, 3.63) is 36.4 Å². The summed E-state index contributed by atoms with van der Waals surface area (Å²) in [7, 11) is 2.87. The van der Waals surface area contributed by atoms with Crippen LogP contribution in [0.3, 0.4) is 0 Å². The van der Waals surface area contributed by atoms with Gasteiger partial charge in [0.2, 0.25) is 24.3 Å². The second-order valence-corrected chi connectivity index (χ2v) is 4.52. The van der Waals surface area contributed by atoms with Gasteiger partial charge in [-0.1, -0.05) is 0 Å². The van der Waals surface area contributed by atoms with Crippen molar-refractivity contribution in [1.29, 1.82) is 0 Å². The zero-order chi connectivity index (χ0) is 20.8. The molecule has 0 N–H and O–H groups in total. The second-order valence-electron chi connectivity index (χ2n) is 4.52. The Morgan fingerprint density at radius 2 is 1.11 bits per heavy atom. The highest BCUT2D eigenvalue weighted by Gasteiger charge is 2.03. The van der Waals surface area contributed by atoms with Crippen LogP contribution in [0.4, 0.5) is 22.7 Å². The van der Waals surface area contributed by atoms with Crippen LogP contribution in [0.1, 0.15) is 0 Å². The van der Waals surface area contributed by atoms with Gasteiger partial charge in [-0.3, -0.25) is 0 Å². The molecule has 0 radical (unpaired) electrons. The molecule has 2 rings (SSSR count).